The smallest absolute Gasteiger partial charge is 0.220 e. The Labute approximate surface area is 169 Å². The van der Waals surface area contributed by atoms with Crippen LogP contribution < -0.4 is 5.32 Å². The van der Waals surface area contributed by atoms with Gasteiger partial charge in [0.25, 0.3) is 0 Å². The molecule has 2 saturated carbocycles. The monoisotopic (exact) mass is 377 g/mol. The van der Waals surface area contributed by atoms with E-state index in [4.69, 9.17) is 0 Å². The Morgan fingerprint density at radius 2 is 1.63 bits per heavy atom. The van der Waals surface area contributed by atoms with Crippen LogP contribution in [0.2, 0.25) is 0 Å². The van der Waals surface area contributed by atoms with E-state index < -0.39 is 0 Å². The van der Waals surface area contributed by atoms with E-state index in [1.807, 2.05) is 0 Å². The lowest BCUT2D eigenvalue weighted by atomic mass is 9.70. The molecular formula is C25H47NO. The average molecular weight is 378 g/mol. The van der Waals surface area contributed by atoms with Crippen LogP contribution in [0.25, 0.3) is 0 Å². The van der Waals surface area contributed by atoms with Crippen LogP contribution in [0.3, 0.4) is 0 Å². The van der Waals surface area contributed by atoms with Crippen molar-refractivity contribution in [2.75, 3.05) is 0 Å². The fraction of sp³-hybridized carbons (Fsp3) is 0.960. The standard InChI is InChI=1S/C25H47NO/c1-19-10-7-8-12-21(19)18-25(5,6)15-14-23(27)26-22-13-9-11-20(16-22)17-24(2,3)4/h19-22H,7-18H2,1-6H3,(H,26,27). The lowest BCUT2D eigenvalue weighted by molar-refractivity contribution is -0.122. The summed E-state index contributed by atoms with van der Waals surface area (Å²) in [5.74, 6) is 2.82. The number of carbonyl (C=O) groups excluding carboxylic acids is 1. The summed E-state index contributed by atoms with van der Waals surface area (Å²) in [6, 6.07) is 0.417. The molecule has 2 aliphatic carbocycles. The molecule has 2 rings (SSSR count). The Balaban J connectivity index is 1.73. The zero-order chi connectivity index (χ0) is 20.1. The maximum absolute atomic E-state index is 12.6. The fourth-order valence-corrected chi connectivity index (χ4v) is 5.73. The molecule has 158 valence electrons. The second-order valence-corrected chi connectivity index (χ2v) is 12.0. The van der Waals surface area contributed by atoms with Crippen LogP contribution in [0.5, 0.6) is 0 Å². The SMILES string of the molecule is CC1CCCCC1CC(C)(C)CCC(=O)NC1CCCC(CC(C)(C)C)C1. The van der Waals surface area contributed by atoms with Crippen LogP contribution in [-0.2, 0) is 4.79 Å². The predicted molar refractivity (Wildman–Crippen MR) is 117 cm³/mol. The van der Waals surface area contributed by atoms with Crippen molar-refractivity contribution in [1.29, 1.82) is 0 Å². The van der Waals surface area contributed by atoms with Gasteiger partial charge in [-0.25, -0.2) is 0 Å². The summed E-state index contributed by atoms with van der Waals surface area (Å²) in [6.07, 6.45) is 14.9. The Bertz CT molecular complexity index is 461. The lowest BCUT2D eigenvalue weighted by Crippen LogP contribution is -2.39. The molecule has 0 spiro atoms. The third-order valence-corrected chi connectivity index (χ3v) is 7.18. The molecule has 0 bridgehead atoms. The highest BCUT2D eigenvalue weighted by Crippen LogP contribution is 2.40. The van der Waals surface area contributed by atoms with Crippen LogP contribution in [0, 0.1) is 28.6 Å². The summed E-state index contributed by atoms with van der Waals surface area (Å²) in [6.45, 7) is 14.2. The van der Waals surface area contributed by atoms with Gasteiger partial charge in [-0.15, -0.1) is 0 Å². The summed E-state index contributed by atoms with van der Waals surface area (Å²) in [5.41, 5.74) is 0.686. The molecule has 0 aromatic carbocycles. The molecule has 1 amide bonds. The number of hydrogen-bond acceptors (Lipinski definition) is 1. The van der Waals surface area contributed by atoms with E-state index >= 15 is 0 Å². The number of nitrogens with one attached hydrogen (secondary N) is 1. The average Bonchev–Trinajstić information content (AvgIpc) is 2.54. The van der Waals surface area contributed by atoms with Crippen molar-refractivity contribution >= 4 is 5.91 Å². The molecule has 2 heteroatoms. The maximum atomic E-state index is 12.6. The van der Waals surface area contributed by atoms with Gasteiger partial charge < -0.3 is 5.32 Å². The van der Waals surface area contributed by atoms with Crippen LogP contribution in [0.4, 0.5) is 0 Å². The molecule has 0 saturated heterocycles. The zero-order valence-electron chi connectivity index (χ0n) is 19.2. The molecule has 0 aromatic heterocycles. The van der Waals surface area contributed by atoms with Gasteiger partial charge in [-0.05, 0) is 60.7 Å². The van der Waals surface area contributed by atoms with E-state index in [-0.39, 0.29) is 5.41 Å². The van der Waals surface area contributed by atoms with Crippen LogP contribution in [0.15, 0.2) is 0 Å². The molecule has 0 heterocycles. The van der Waals surface area contributed by atoms with Gasteiger partial charge in [0.15, 0.2) is 0 Å². The largest absolute Gasteiger partial charge is 0.353 e. The topological polar surface area (TPSA) is 29.1 Å². The molecular weight excluding hydrogens is 330 g/mol. The Hall–Kier alpha value is -0.530. The summed E-state index contributed by atoms with van der Waals surface area (Å²) in [4.78, 5) is 12.6. The van der Waals surface area contributed by atoms with Crippen molar-refractivity contribution < 1.29 is 4.79 Å². The molecule has 0 aromatic rings. The van der Waals surface area contributed by atoms with Crippen molar-refractivity contribution in [2.24, 2.45) is 28.6 Å². The van der Waals surface area contributed by atoms with E-state index in [1.165, 1.54) is 64.2 Å². The summed E-state index contributed by atoms with van der Waals surface area (Å²) in [7, 11) is 0. The van der Waals surface area contributed by atoms with Crippen molar-refractivity contribution in [1.82, 2.24) is 5.32 Å². The predicted octanol–water partition coefficient (Wildman–Crippen LogP) is 7.12. The lowest BCUT2D eigenvalue weighted by Gasteiger charge is -2.36. The Morgan fingerprint density at radius 3 is 2.30 bits per heavy atom. The molecule has 0 radical (unpaired) electrons. The van der Waals surface area contributed by atoms with Crippen LogP contribution in [-0.4, -0.2) is 11.9 Å². The molecule has 2 fully saturated rings. The first-order valence-electron chi connectivity index (χ1n) is 11.8. The number of hydrogen-bond donors (Lipinski definition) is 1. The highest BCUT2D eigenvalue weighted by Gasteiger charge is 2.30. The maximum Gasteiger partial charge on any atom is 0.220 e. The first-order valence-corrected chi connectivity index (χ1v) is 11.8. The van der Waals surface area contributed by atoms with Gasteiger partial charge in [0.05, 0.1) is 0 Å². The molecule has 0 aliphatic heterocycles. The third-order valence-electron chi connectivity index (χ3n) is 7.18. The molecule has 27 heavy (non-hydrogen) atoms. The van der Waals surface area contributed by atoms with Crippen LogP contribution >= 0.6 is 0 Å². The Morgan fingerprint density at radius 1 is 0.926 bits per heavy atom. The minimum absolute atomic E-state index is 0.287. The second-order valence-electron chi connectivity index (χ2n) is 12.0. The van der Waals surface area contributed by atoms with Crippen molar-refractivity contribution in [2.45, 2.75) is 125 Å². The minimum atomic E-state index is 0.287. The summed E-state index contributed by atoms with van der Waals surface area (Å²) < 4.78 is 0. The highest BCUT2D eigenvalue weighted by molar-refractivity contribution is 5.76. The van der Waals surface area contributed by atoms with Crippen molar-refractivity contribution in [3.8, 4) is 0 Å². The second kappa shape index (κ2) is 9.79. The van der Waals surface area contributed by atoms with Gasteiger partial charge in [0, 0.05) is 12.5 Å². The number of carbonyl (C=O) groups is 1. The molecule has 4 atom stereocenters. The molecule has 2 aliphatic rings. The molecule has 1 N–H and O–H groups in total. The van der Waals surface area contributed by atoms with Gasteiger partial charge in [-0.3, -0.25) is 4.79 Å². The van der Waals surface area contributed by atoms with E-state index in [1.54, 1.807) is 0 Å². The first kappa shape index (κ1) is 22.8. The van der Waals surface area contributed by atoms with E-state index in [2.05, 4.69) is 46.9 Å². The third kappa shape index (κ3) is 8.57. The normalized spacial score (nSPS) is 30.1. The van der Waals surface area contributed by atoms with Gasteiger partial charge in [0.1, 0.15) is 0 Å². The van der Waals surface area contributed by atoms with Crippen molar-refractivity contribution in [3.63, 3.8) is 0 Å². The van der Waals surface area contributed by atoms with Gasteiger partial charge in [-0.1, -0.05) is 80.1 Å². The fourth-order valence-electron chi connectivity index (χ4n) is 5.73. The molecule has 2 nitrogen and oxygen atoms in total. The van der Waals surface area contributed by atoms with E-state index in [9.17, 15) is 4.79 Å². The summed E-state index contributed by atoms with van der Waals surface area (Å²) >= 11 is 0. The zero-order valence-corrected chi connectivity index (χ0v) is 19.2. The Kier molecular flexibility index (Phi) is 8.25. The summed E-state index contributed by atoms with van der Waals surface area (Å²) in [5, 5.41) is 3.38. The first-order chi connectivity index (χ1) is 12.5. The number of rotatable bonds is 7. The van der Waals surface area contributed by atoms with Gasteiger partial charge >= 0.3 is 0 Å². The van der Waals surface area contributed by atoms with Gasteiger partial charge in [-0.2, -0.15) is 0 Å². The quantitative estimate of drug-likeness (QED) is 0.502. The van der Waals surface area contributed by atoms with Gasteiger partial charge in [0.2, 0.25) is 5.91 Å². The van der Waals surface area contributed by atoms with Crippen molar-refractivity contribution in [3.05, 3.63) is 0 Å². The van der Waals surface area contributed by atoms with E-state index in [0.717, 1.165) is 24.2 Å². The molecule has 4 unspecified atom stereocenters. The van der Waals surface area contributed by atoms with Crippen LogP contribution in [0.1, 0.15) is 119 Å². The highest BCUT2D eigenvalue weighted by atomic mass is 16.1. The van der Waals surface area contributed by atoms with E-state index in [0.29, 0.717) is 23.8 Å². The number of amides is 1. The minimum Gasteiger partial charge on any atom is -0.353 e.